The van der Waals surface area contributed by atoms with Gasteiger partial charge in [-0.3, -0.25) is 4.79 Å². The van der Waals surface area contributed by atoms with Crippen LogP contribution in [0.5, 0.6) is 0 Å². The van der Waals surface area contributed by atoms with Gasteiger partial charge in [-0.2, -0.15) is 0 Å². The lowest BCUT2D eigenvalue weighted by molar-refractivity contribution is 0.0761. The Bertz CT molecular complexity index is 339. The number of hydrogen-bond donors (Lipinski definition) is 2. The van der Waals surface area contributed by atoms with Gasteiger partial charge in [-0.15, -0.1) is 0 Å². The van der Waals surface area contributed by atoms with E-state index in [4.69, 9.17) is 5.11 Å². The molecule has 0 saturated carbocycles. The summed E-state index contributed by atoms with van der Waals surface area (Å²) in [5, 5.41) is 11.7. The molecule has 2 N–H and O–H groups in total. The van der Waals surface area contributed by atoms with Crippen LogP contribution in [-0.4, -0.2) is 52.6 Å². The normalized spacial score (nSPS) is 9.94. The molecule has 0 radical (unpaired) electrons. The molecule has 1 rings (SSSR count). The molecule has 0 aromatic carbocycles. The molecule has 88 valence electrons. The lowest BCUT2D eigenvalue weighted by Gasteiger charge is -2.14. The van der Waals surface area contributed by atoms with Crippen molar-refractivity contribution in [2.75, 3.05) is 32.1 Å². The van der Waals surface area contributed by atoms with Gasteiger partial charge in [0.1, 0.15) is 11.5 Å². The number of aliphatic hydroxyl groups is 1. The smallest absolute Gasteiger partial charge is 0.273 e. The van der Waals surface area contributed by atoms with Crippen LogP contribution in [0.4, 0.5) is 5.82 Å². The van der Waals surface area contributed by atoms with Crippen molar-refractivity contribution in [3.8, 4) is 0 Å². The maximum Gasteiger partial charge on any atom is 0.273 e. The van der Waals surface area contributed by atoms with Crippen LogP contribution in [0.2, 0.25) is 0 Å². The molecular weight excluding hydrogens is 208 g/mol. The summed E-state index contributed by atoms with van der Waals surface area (Å²) in [6.07, 6.45) is 2.94. The van der Waals surface area contributed by atoms with Crippen LogP contribution in [-0.2, 0) is 0 Å². The number of hydrogen-bond acceptors (Lipinski definition) is 5. The Labute approximate surface area is 94.3 Å². The van der Waals surface area contributed by atoms with E-state index in [0.29, 0.717) is 5.82 Å². The standard InChI is InChI=1S/C10H16N4O2/c1-3-11-9-7-12-8(6-13-9)10(16)14(2)4-5-15/h6-7,15H,3-5H2,1-2H3,(H,11,13). The van der Waals surface area contributed by atoms with Gasteiger partial charge >= 0.3 is 0 Å². The number of aliphatic hydroxyl groups excluding tert-OH is 1. The highest BCUT2D eigenvalue weighted by molar-refractivity contribution is 5.91. The molecule has 0 bridgehead atoms. The van der Waals surface area contributed by atoms with E-state index in [0.717, 1.165) is 6.54 Å². The largest absolute Gasteiger partial charge is 0.395 e. The minimum Gasteiger partial charge on any atom is -0.395 e. The average molecular weight is 224 g/mol. The quantitative estimate of drug-likeness (QED) is 0.734. The number of aromatic nitrogens is 2. The second-order valence-electron chi connectivity index (χ2n) is 3.27. The van der Waals surface area contributed by atoms with Crippen LogP contribution in [0.25, 0.3) is 0 Å². The molecule has 6 heteroatoms. The first kappa shape index (κ1) is 12.4. The van der Waals surface area contributed by atoms with E-state index < -0.39 is 0 Å². The van der Waals surface area contributed by atoms with Crippen LogP contribution in [0.3, 0.4) is 0 Å². The lowest BCUT2D eigenvalue weighted by Crippen LogP contribution is -2.30. The highest BCUT2D eigenvalue weighted by Gasteiger charge is 2.12. The van der Waals surface area contributed by atoms with E-state index in [1.165, 1.54) is 17.3 Å². The van der Waals surface area contributed by atoms with E-state index in [-0.39, 0.29) is 24.8 Å². The third-order valence-electron chi connectivity index (χ3n) is 2.01. The summed E-state index contributed by atoms with van der Waals surface area (Å²) in [7, 11) is 1.61. The Balaban J connectivity index is 2.69. The fraction of sp³-hybridized carbons (Fsp3) is 0.500. The third kappa shape index (κ3) is 3.16. The summed E-state index contributed by atoms with van der Waals surface area (Å²) in [6, 6.07) is 0. The van der Waals surface area contributed by atoms with Crippen LogP contribution in [0, 0.1) is 0 Å². The third-order valence-corrected chi connectivity index (χ3v) is 2.01. The molecular formula is C10H16N4O2. The van der Waals surface area contributed by atoms with E-state index in [1.54, 1.807) is 7.05 Å². The van der Waals surface area contributed by atoms with Crippen molar-refractivity contribution in [3.05, 3.63) is 18.1 Å². The second kappa shape index (κ2) is 6.02. The predicted octanol–water partition coefficient (Wildman–Crippen LogP) is -0.0273. The van der Waals surface area contributed by atoms with Crippen molar-refractivity contribution in [2.24, 2.45) is 0 Å². The van der Waals surface area contributed by atoms with Crippen molar-refractivity contribution >= 4 is 11.7 Å². The molecule has 1 heterocycles. The molecule has 0 fully saturated rings. The highest BCUT2D eigenvalue weighted by atomic mass is 16.3. The fourth-order valence-electron chi connectivity index (χ4n) is 1.16. The Kier molecular flexibility index (Phi) is 4.65. The second-order valence-corrected chi connectivity index (χ2v) is 3.27. The molecule has 0 spiro atoms. The summed E-state index contributed by atoms with van der Waals surface area (Å²) in [5.41, 5.74) is 0.276. The number of nitrogens with one attached hydrogen (secondary N) is 1. The monoisotopic (exact) mass is 224 g/mol. The van der Waals surface area contributed by atoms with Gasteiger partial charge in [0.2, 0.25) is 0 Å². The van der Waals surface area contributed by atoms with Crippen LogP contribution < -0.4 is 5.32 Å². The Hall–Kier alpha value is -1.69. The average Bonchev–Trinajstić information content (AvgIpc) is 2.30. The molecule has 1 aromatic heterocycles. The van der Waals surface area contributed by atoms with E-state index >= 15 is 0 Å². The van der Waals surface area contributed by atoms with Crippen molar-refractivity contribution in [2.45, 2.75) is 6.92 Å². The molecule has 1 aromatic rings. The van der Waals surface area contributed by atoms with Crippen LogP contribution in [0.15, 0.2) is 12.4 Å². The van der Waals surface area contributed by atoms with Crippen molar-refractivity contribution < 1.29 is 9.90 Å². The molecule has 0 aliphatic rings. The van der Waals surface area contributed by atoms with Gasteiger partial charge in [-0.1, -0.05) is 0 Å². The molecule has 0 atom stereocenters. The van der Waals surface area contributed by atoms with Gasteiger partial charge in [0.05, 0.1) is 19.0 Å². The number of anilines is 1. The molecule has 6 nitrogen and oxygen atoms in total. The zero-order chi connectivity index (χ0) is 12.0. The van der Waals surface area contributed by atoms with Gasteiger partial charge in [0.15, 0.2) is 0 Å². The van der Waals surface area contributed by atoms with Gasteiger partial charge in [0.25, 0.3) is 5.91 Å². The number of carbonyl (C=O) groups excluding carboxylic acids is 1. The number of nitrogens with zero attached hydrogens (tertiary/aromatic N) is 3. The molecule has 0 aliphatic heterocycles. The maximum absolute atomic E-state index is 11.7. The maximum atomic E-state index is 11.7. The Morgan fingerprint density at radius 1 is 1.50 bits per heavy atom. The van der Waals surface area contributed by atoms with Crippen LogP contribution in [0.1, 0.15) is 17.4 Å². The molecule has 0 aliphatic carbocycles. The zero-order valence-corrected chi connectivity index (χ0v) is 9.47. The summed E-state index contributed by atoms with van der Waals surface area (Å²) < 4.78 is 0. The van der Waals surface area contributed by atoms with E-state index in [2.05, 4.69) is 15.3 Å². The van der Waals surface area contributed by atoms with Gasteiger partial charge in [-0.05, 0) is 6.92 Å². The van der Waals surface area contributed by atoms with E-state index in [9.17, 15) is 4.79 Å². The molecule has 1 amide bonds. The van der Waals surface area contributed by atoms with Crippen molar-refractivity contribution in [3.63, 3.8) is 0 Å². The van der Waals surface area contributed by atoms with E-state index in [1.807, 2.05) is 6.92 Å². The van der Waals surface area contributed by atoms with Gasteiger partial charge in [0, 0.05) is 20.1 Å². The first-order chi connectivity index (χ1) is 7.69. The summed E-state index contributed by atoms with van der Waals surface area (Å²) >= 11 is 0. The SMILES string of the molecule is CCNc1cnc(C(=O)N(C)CCO)cn1. The minimum absolute atomic E-state index is 0.0643. The first-order valence-corrected chi connectivity index (χ1v) is 5.11. The number of amides is 1. The zero-order valence-electron chi connectivity index (χ0n) is 9.47. The summed E-state index contributed by atoms with van der Waals surface area (Å²) in [5.74, 6) is 0.397. The molecule has 0 saturated heterocycles. The van der Waals surface area contributed by atoms with Gasteiger partial charge < -0.3 is 15.3 Å². The number of likely N-dealkylation sites (N-methyl/N-ethyl adjacent to an activating group) is 1. The molecule has 0 unspecified atom stereocenters. The number of carbonyl (C=O) groups is 1. The highest BCUT2D eigenvalue weighted by Crippen LogP contribution is 2.02. The summed E-state index contributed by atoms with van der Waals surface area (Å²) in [6.45, 7) is 2.93. The van der Waals surface area contributed by atoms with Crippen LogP contribution >= 0.6 is 0 Å². The summed E-state index contributed by atoms with van der Waals surface area (Å²) in [4.78, 5) is 21.1. The Morgan fingerprint density at radius 3 is 2.75 bits per heavy atom. The molecule has 16 heavy (non-hydrogen) atoms. The number of rotatable bonds is 5. The lowest BCUT2D eigenvalue weighted by atomic mass is 10.4. The predicted molar refractivity (Wildman–Crippen MR) is 60.2 cm³/mol. The minimum atomic E-state index is -0.246. The fourth-order valence-corrected chi connectivity index (χ4v) is 1.16. The Morgan fingerprint density at radius 2 is 2.25 bits per heavy atom. The topological polar surface area (TPSA) is 78.4 Å². The van der Waals surface area contributed by atoms with Crippen molar-refractivity contribution in [1.82, 2.24) is 14.9 Å². The van der Waals surface area contributed by atoms with Gasteiger partial charge in [-0.25, -0.2) is 9.97 Å². The van der Waals surface area contributed by atoms with Crippen molar-refractivity contribution in [1.29, 1.82) is 0 Å². The first-order valence-electron chi connectivity index (χ1n) is 5.11.